The van der Waals surface area contributed by atoms with Crippen LogP contribution >= 0.6 is 11.3 Å². The van der Waals surface area contributed by atoms with Gasteiger partial charge in [0.05, 0.1) is 11.4 Å². The Balaban J connectivity index is 1.90. The molecule has 1 aromatic carbocycles. The molecule has 20 heavy (non-hydrogen) atoms. The van der Waals surface area contributed by atoms with E-state index in [1.807, 2.05) is 30.3 Å². The molecule has 0 aliphatic rings. The van der Waals surface area contributed by atoms with E-state index in [0.717, 1.165) is 21.5 Å². The predicted molar refractivity (Wildman–Crippen MR) is 75.5 cm³/mol. The van der Waals surface area contributed by atoms with Crippen molar-refractivity contribution in [2.24, 2.45) is 0 Å². The molecule has 0 amide bonds. The van der Waals surface area contributed by atoms with Crippen molar-refractivity contribution in [2.75, 3.05) is 10.9 Å². The van der Waals surface area contributed by atoms with E-state index in [1.165, 1.54) is 6.92 Å². The Morgan fingerprint density at radius 1 is 1.25 bits per heavy atom. The van der Waals surface area contributed by atoms with Crippen molar-refractivity contribution < 1.29 is 4.39 Å². The van der Waals surface area contributed by atoms with E-state index in [9.17, 15) is 9.18 Å². The summed E-state index contributed by atoms with van der Waals surface area (Å²) in [6.45, 7) is 1.45. The molecule has 3 aromatic rings. The fourth-order valence-electron chi connectivity index (χ4n) is 1.62. The Morgan fingerprint density at radius 3 is 2.75 bits per heavy atom. The van der Waals surface area contributed by atoms with Crippen LogP contribution in [0.4, 0.5) is 15.2 Å². The van der Waals surface area contributed by atoms with Crippen LogP contribution in [-0.2, 0) is 0 Å². The lowest BCUT2D eigenvalue weighted by Crippen LogP contribution is -2.20. The molecule has 3 rings (SSSR count). The topological polar surface area (TPSA) is 71.3 Å². The maximum atomic E-state index is 13.5. The first-order valence-corrected chi connectivity index (χ1v) is 6.60. The molecule has 8 heteroatoms. The molecule has 0 aliphatic heterocycles. The van der Waals surface area contributed by atoms with Crippen molar-refractivity contribution in [3.63, 3.8) is 0 Å². The number of rotatable bonds is 3. The minimum Gasteiger partial charge on any atom is -0.299 e. The summed E-state index contributed by atoms with van der Waals surface area (Å²) in [5.74, 6) is -0.879. The molecule has 0 unspecified atom stereocenters. The van der Waals surface area contributed by atoms with Crippen LogP contribution in [0.3, 0.4) is 0 Å². The molecule has 0 fully saturated rings. The third-order valence-electron chi connectivity index (χ3n) is 2.61. The Hall–Kier alpha value is -2.48. The summed E-state index contributed by atoms with van der Waals surface area (Å²) in [7, 11) is 0. The summed E-state index contributed by atoms with van der Waals surface area (Å²) in [4.78, 5) is 16.0. The summed E-state index contributed by atoms with van der Waals surface area (Å²) >= 11 is 1.15. The number of halogens is 1. The van der Waals surface area contributed by atoms with Gasteiger partial charge in [0.2, 0.25) is 15.9 Å². The van der Waals surface area contributed by atoms with Gasteiger partial charge in [-0.15, -0.1) is 5.10 Å². The SMILES string of the molecule is Cc1nc2sc(NNc3ccccc3)nn2c(=O)c1F. The zero-order valence-electron chi connectivity index (χ0n) is 10.4. The average Bonchev–Trinajstić information content (AvgIpc) is 2.87. The maximum Gasteiger partial charge on any atom is 0.311 e. The summed E-state index contributed by atoms with van der Waals surface area (Å²) in [5.41, 5.74) is 5.90. The van der Waals surface area contributed by atoms with Crippen LogP contribution < -0.4 is 16.4 Å². The molecule has 0 bridgehead atoms. The number of benzene rings is 1. The van der Waals surface area contributed by atoms with Crippen LogP contribution in [0.2, 0.25) is 0 Å². The van der Waals surface area contributed by atoms with Gasteiger partial charge in [-0.3, -0.25) is 15.6 Å². The predicted octanol–water partition coefficient (Wildman–Crippen LogP) is 2.04. The Kier molecular flexibility index (Phi) is 3.07. The number of hydrogen-bond donors (Lipinski definition) is 2. The lowest BCUT2D eigenvalue weighted by Gasteiger charge is -2.04. The van der Waals surface area contributed by atoms with Gasteiger partial charge in [0.1, 0.15) is 0 Å². The average molecular weight is 291 g/mol. The van der Waals surface area contributed by atoms with Gasteiger partial charge in [0.15, 0.2) is 0 Å². The van der Waals surface area contributed by atoms with Crippen molar-refractivity contribution in [3.05, 3.63) is 52.2 Å². The first-order chi connectivity index (χ1) is 9.65. The number of fused-ring (bicyclic) bond motifs is 1. The molecule has 0 spiro atoms. The van der Waals surface area contributed by atoms with Crippen LogP contribution in [-0.4, -0.2) is 14.6 Å². The first kappa shape index (κ1) is 12.5. The molecule has 102 valence electrons. The number of aromatic nitrogens is 3. The smallest absolute Gasteiger partial charge is 0.299 e. The number of anilines is 2. The Bertz CT molecular complexity index is 814. The zero-order valence-corrected chi connectivity index (χ0v) is 11.2. The third kappa shape index (κ3) is 2.21. The number of nitrogens with zero attached hydrogens (tertiary/aromatic N) is 3. The standard InChI is InChI=1S/C12H10FN5OS/c1-7-9(13)10(19)18-12(14-7)20-11(17-18)16-15-8-5-3-2-4-6-8/h2-6,15H,1H3,(H,16,17). The van der Waals surface area contributed by atoms with Crippen LogP contribution in [0.1, 0.15) is 5.69 Å². The van der Waals surface area contributed by atoms with Crippen LogP contribution in [0.15, 0.2) is 35.1 Å². The van der Waals surface area contributed by atoms with Gasteiger partial charge in [-0.2, -0.15) is 8.91 Å². The lowest BCUT2D eigenvalue weighted by molar-refractivity contribution is 0.580. The monoisotopic (exact) mass is 291 g/mol. The van der Waals surface area contributed by atoms with E-state index in [4.69, 9.17) is 0 Å². The quantitative estimate of drug-likeness (QED) is 0.723. The minimum atomic E-state index is -0.879. The second-order valence-electron chi connectivity index (χ2n) is 4.03. The van der Waals surface area contributed by atoms with Gasteiger partial charge in [-0.05, 0) is 19.1 Å². The molecular formula is C12H10FN5OS. The minimum absolute atomic E-state index is 0.0706. The summed E-state index contributed by atoms with van der Waals surface area (Å²) in [6.07, 6.45) is 0. The second-order valence-corrected chi connectivity index (χ2v) is 4.99. The highest BCUT2D eigenvalue weighted by molar-refractivity contribution is 7.20. The number of nitrogens with one attached hydrogen (secondary N) is 2. The fraction of sp³-hybridized carbons (Fsp3) is 0.0833. The molecule has 6 nitrogen and oxygen atoms in total. The van der Waals surface area contributed by atoms with Crippen molar-refractivity contribution in [2.45, 2.75) is 6.92 Å². The highest BCUT2D eigenvalue weighted by Gasteiger charge is 2.13. The zero-order chi connectivity index (χ0) is 14.1. The van der Waals surface area contributed by atoms with Crippen molar-refractivity contribution in [1.29, 1.82) is 0 Å². The molecule has 0 saturated carbocycles. The Morgan fingerprint density at radius 2 is 2.00 bits per heavy atom. The van der Waals surface area contributed by atoms with Crippen molar-refractivity contribution >= 4 is 27.1 Å². The number of hydrogen-bond acceptors (Lipinski definition) is 6. The van der Waals surface area contributed by atoms with Gasteiger partial charge >= 0.3 is 5.56 Å². The summed E-state index contributed by atoms with van der Waals surface area (Å²) in [6, 6.07) is 9.40. The first-order valence-electron chi connectivity index (χ1n) is 5.78. The van der Waals surface area contributed by atoms with Crippen molar-refractivity contribution in [3.8, 4) is 0 Å². The molecule has 0 atom stereocenters. The van der Waals surface area contributed by atoms with Crippen LogP contribution in [0.5, 0.6) is 0 Å². The van der Waals surface area contributed by atoms with E-state index in [-0.39, 0.29) is 5.69 Å². The van der Waals surface area contributed by atoms with Gasteiger partial charge in [-0.25, -0.2) is 4.98 Å². The molecule has 0 radical (unpaired) electrons. The van der Waals surface area contributed by atoms with Gasteiger partial charge < -0.3 is 0 Å². The lowest BCUT2D eigenvalue weighted by atomic mass is 10.3. The second kappa shape index (κ2) is 4.89. The highest BCUT2D eigenvalue weighted by Crippen LogP contribution is 2.17. The number of para-hydroxylation sites is 1. The highest BCUT2D eigenvalue weighted by atomic mass is 32.1. The maximum absolute atomic E-state index is 13.5. The van der Waals surface area contributed by atoms with Crippen LogP contribution in [0, 0.1) is 12.7 Å². The Labute approximate surface area is 116 Å². The molecule has 0 aliphatic carbocycles. The normalized spacial score (nSPS) is 10.7. The fourth-order valence-corrected chi connectivity index (χ4v) is 2.41. The number of aryl methyl sites for hydroxylation is 1. The van der Waals surface area contributed by atoms with Gasteiger partial charge in [0, 0.05) is 0 Å². The van der Waals surface area contributed by atoms with E-state index >= 15 is 0 Å². The van der Waals surface area contributed by atoms with Crippen LogP contribution in [0.25, 0.3) is 4.96 Å². The molecule has 2 aromatic heterocycles. The largest absolute Gasteiger partial charge is 0.311 e. The van der Waals surface area contributed by atoms with E-state index in [0.29, 0.717) is 10.1 Å². The summed E-state index contributed by atoms with van der Waals surface area (Å²) in [5, 5.41) is 4.40. The van der Waals surface area contributed by atoms with E-state index in [1.54, 1.807) is 0 Å². The number of hydrazine groups is 1. The molecule has 0 saturated heterocycles. The third-order valence-corrected chi connectivity index (χ3v) is 3.43. The van der Waals surface area contributed by atoms with Crippen molar-refractivity contribution in [1.82, 2.24) is 14.6 Å². The molecule has 2 heterocycles. The van der Waals surface area contributed by atoms with Gasteiger partial charge in [0.25, 0.3) is 0 Å². The van der Waals surface area contributed by atoms with Gasteiger partial charge in [-0.1, -0.05) is 29.5 Å². The van der Waals surface area contributed by atoms with E-state index < -0.39 is 11.4 Å². The van der Waals surface area contributed by atoms with E-state index in [2.05, 4.69) is 20.9 Å². The molecule has 2 N–H and O–H groups in total. The summed E-state index contributed by atoms with van der Waals surface area (Å²) < 4.78 is 14.4. The molecular weight excluding hydrogens is 281 g/mol.